The summed E-state index contributed by atoms with van der Waals surface area (Å²) in [7, 11) is 1.55. The van der Waals surface area contributed by atoms with Gasteiger partial charge in [0, 0.05) is 26.0 Å². The molecule has 2 rings (SSSR count). The van der Waals surface area contributed by atoms with Gasteiger partial charge in [-0.05, 0) is 17.7 Å². The smallest absolute Gasteiger partial charge is 0.126 e. The van der Waals surface area contributed by atoms with Crippen LogP contribution in [0.5, 0.6) is 0 Å². The van der Waals surface area contributed by atoms with Crippen molar-refractivity contribution in [2.75, 3.05) is 7.11 Å². The number of benzene rings is 1. The van der Waals surface area contributed by atoms with Crippen LogP contribution in [0.1, 0.15) is 18.4 Å². The maximum atomic E-state index is 12.9. The second-order valence-electron chi connectivity index (χ2n) is 3.96. The van der Waals surface area contributed by atoms with Gasteiger partial charge in [-0.15, -0.1) is 0 Å². The Kier molecular flexibility index (Phi) is 2.48. The van der Waals surface area contributed by atoms with Crippen molar-refractivity contribution in [3.05, 3.63) is 35.4 Å². The summed E-state index contributed by atoms with van der Waals surface area (Å²) in [5, 5.41) is 10.0. The van der Waals surface area contributed by atoms with Gasteiger partial charge >= 0.3 is 0 Å². The number of halogens is 2. The minimum Gasteiger partial charge on any atom is -0.385 e. The highest BCUT2D eigenvalue weighted by Gasteiger charge is 2.44. The maximum Gasteiger partial charge on any atom is 0.126 e. The van der Waals surface area contributed by atoms with Gasteiger partial charge in [0.15, 0.2) is 0 Å². The molecule has 0 aliphatic heterocycles. The van der Waals surface area contributed by atoms with Crippen LogP contribution in [-0.4, -0.2) is 18.3 Å². The second kappa shape index (κ2) is 3.54. The summed E-state index contributed by atoms with van der Waals surface area (Å²) < 4.78 is 30.8. The molecule has 0 spiro atoms. The molecule has 1 fully saturated rings. The predicted octanol–water partition coefficient (Wildman–Crippen LogP) is 1.96. The van der Waals surface area contributed by atoms with Gasteiger partial charge in [0.25, 0.3) is 0 Å². The van der Waals surface area contributed by atoms with Gasteiger partial charge in [-0.25, -0.2) is 8.78 Å². The van der Waals surface area contributed by atoms with Crippen molar-refractivity contribution in [1.29, 1.82) is 0 Å². The van der Waals surface area contributed by atoms with Gasteiger partial charge < -0.3 is 9.84 Å². The Balaban J connectivity index is 2.23. The molecule has 1 aromatic carbocycles. The van der Waals surface area contributed by atoms with Gasteiger partial charge in [-0.1, -0.05) is 0 Å². The van der Waals surface area contributed by atoms with Crippen LogP contribution in [0.25, 0.3) is 0 Å². The topological polar surface area (TPSA) is 29.5 Å². The normalized spacial score (nSPS) is 30.0. The average Bonchev–Trinajstić information content (AvgIpc) is 2.11. The fraction of sp³-hybridized carbons (Fsp3) is 0.455. The zero-order chi connectivity index (χ0) is 11.1. The Bertz CT molecular complexity index is 353. The quantitative estimate of drug-likeness (QED) is 0.815. The first-order valence-electron chi connectivity index (χ1n) is 4.75. The molecule has 0 aromatic heterocycles. The standard InChI is InChI=1S/C11H12F2O2/c1-15-10-5-11(14,6-10)7-2-8(12)4-9(13)3-7/h2-4,10,14H,5-6H2,1H3. The molecule has 1 aliphatic carbocycles. The predicted molar refractivity (Wildman–Crippen MR) is 50.3 cm³/mol. The molecular formula is C11H12F2O2. The molecule has 2 nitrogen and oxygen atoms in total. The highest BCUT2D eigenvalue weighted by atomic mass is 19.1. The first-order valence-corrected chi connectivity index (χ1v) is 4.75. The summed E-state index contributed by atoms with van der Waals surface area (Å²) >= 11 is 0. The van der Waals surface area contributed by atoms with Gasteiger partial charge in [0.2, 0.25) is 0 Å². The lowest BCUT2D eigenvalue weighted by Gasteiger charge is -2.43. The van der Waals surface area contributed by atoms with E-state index in [4.69, 9.17) is 4.74 Å². The van der Waals surface area contributed by atoms with Crippen LogP contribution in [0.3, 0.4) is 0 Å². The zero-order valence-corrected chi connectivity index (χ0v) is 8.34. The fourth-order valence-electron chi connectivity index (χ4n) is 1.92. The van der Waals surface area contributed by atoms with Crippen LogP contribution >= 0.6 is 0 Å². The molecule has 1 saturated carbocycles. The molecule has 0 unspecified atom stereocenters. The highest BCUT2D eigenvalue weighted by Crippen LogP contribution is 2.42. The number of hydrogen-bond donors (Lipinski definition) is 1. The highest BCUT2D eigenvalue weighted by molar-refractivity contribution is 5.27. The summed E-state index contributed by atoms with van der Waals surface area (Å²) in [5.74, 6) is -1.33. The van der Waals surface area contributed by atoms with E-state index < -0.39 is 17.2 Å². The Morgan fingerprint density at radius 2 is 1.80 bits per heavy atom. The van der Waals surface area contributed by atoms with Crippen LogP contribution in [0.4, 0.5) is 8.78 Å². The SMILES string of the molecule is COC1CC(O)(c2cc(F)cc(F)c2)C1. The summed E-state index contributed by atoms with van der Waals surface area (Å²) in [6.45, 7) is 0. The second-order valence-corrected chi connectivity index (χ2v) is 3.96. The van der Waals surface area contributed by atoms with Crippen molar-refractivity contribution < 1.29 is 18.6 Å². The lowest BCUT2D eigenvalue weighted by molar-refractivity contribution is -0.133. The molecule has 0 amide bonds. The molecule has 1 N–H and O–H groups in total. The number of methoxy groups -OCH3 is 1. The summed E-state index contributed by atoms with van der Waals surface area (Å²) in [5.41, 5.74) is -0.850. The Hall–Kier alpha value is -1.00. The molecule has 0 bridgehead atoms. The van der Waals surface area contributed by atoms with Crippen molar-refractivity contribution in [2.24, 2.45) is 0 Å². The number of hydrogen-bond acceptors (Lipinski definition) is 2. The van der Waals surface area contributed by atoms with Gasteiger partial charge in [0.1, 0.15) is 11.6 Å². The monoisotopic (exact) mass is 214 g/mol. The lowest BCUT2D eigenvalue weighted by atomic mass is 9.73. The Labute approximate surface area is 86.5 Å². The van der Waals surface area contributed by atoms with E-state index in [-0.39, 0.29) is 11.7 Å². The average molecular weight is 214 g/mol. The number of ether oxygens (including phenoxy) is 1. The first-order chi connectivity index (χ1) is 7.03. The van der Waals surface area contributed by atoms with Crippen molar-refractivity contribution in [3.63, 3.8) is 0 Å². The van der Waals surface area contributed by atoms with Crippen LogP contribution in [-0.2, 0) is 10.3 Å². The molecule has 4 heteroatoms. The lowest BCUT2D eigenvalue weighted by Crippen LogP contribution is -2.45. The molecule has 1 aliphatic rings. The summed E-state index contributed by atoms with van der Waals surface area (Å²) in [4.78, 5) is 0. The van der Waals surface area contributed by atoms with E-state index in [0.29, 0.717) is 12.8 Å². The third-order valence-corrected chi connectivity index (χ3v) is 2.86. The van der Waals surface area contributed by atoms with E-state index in [1.54, 1.807) is 7.11 Å². The van der Waals surface area contributed by atoms with Crippen LogP contribution in [0, 0.1) is 11.6 Å². The summed E-state index contributed by atoms with van der Waals surface area (Å²) in [6, 6.07) is 3.11. The fourth-order valence-corrected chi connectivity index (χ4v) is 1.92. The van der Waals surface area contributed by atoms with E-state index in [1.165, 1.54) is 0 Å². The van der Waals surface area contributed by atoms with E-state index in [2.05, 4.69) is 0 Å². The molecular weight excluding hydrogens is 202 g/mol. The molecule has 0 saturated heterocycles. The Morgan fingerprint density at radius 1 is 1.27 bits per heavy atom. The van der Waals surface area contributed by atoms with Gasteiger partial charge in [-0.2, -0.15) is 0 Å². The molecule has 0 heterocycles. The van der Waals surface area contributed by atoms with E-state index in [9.17, 15) is 13.9 Å². The molecule has 15 heavy (non-hydrogen) atoms. The van der Waals surface area contributed by atoms with Crippen molar-refractivity contribution >= 4 is 0 Å². The maximum absolute atomic E-state index is 12.9. The van der Waals surface area contributed by atoms with Crippen LogP contribution in [0.2, 0.25) is 0 Å². The van der Waals surface area contributed by atoms with Gasteiger partial charge in [-0.3, -0.25) is 0 Å². The number of aliphatic hydroxyl groups is 1. The summed E-state index contributed by atoms with van der Waals surface area (Å²) in [6.07, 6.45) is 0.736. The third kappa shape index (κ3) is 1.87. The first kappa shape index (κ1) is 10.5. The molecule has 82 valence electrons. The largest absolute Gasteiger partial charge is 0.385 e. The Morgan fingerprint density at radius 3 is 2.27 bits per heavy atom. The minimum absolute atomic E-state index is 0.0265. The van der Waals surface area contributed by atoms with Crippen molar-refractivity contribution in [2.45, 2.75) is 24.5 Å². The van der Waals surface area contributed by atoms with Crippen LogP contribution < -0.4 is 0 Å². The van der Waals surface area contributed by atoms with E-state index in [1.807, 2.05) is 0 Å². The third-order valence-electron chi connectivity index (χ3n) is 2.86. The van der Waals surface area contributed by atoms with Crippen LogP contribution in [0.15, 0.2) is 18.2 Å². The molecule has 0 atom stereocenters. The van der Waals surface area contributed by atoms with E-state index in [0.717, 1.165) is 18.2 Å². The van der Waals surface area contributed by atoms with E-state index >= 15 is 0 Å². The van der Waals surface area contributed by atoms with Gasteiger partial charge in [0.05, 0.1) is 11.7 Å². The number of rotatable bonds is 2. The van der Waals surface area contributed by atoms with Crippen molar-refractivity contribution in [3.8, 4) is 0 Å². The zero-order valence-electron chi connectivity index (χ0n) is 8.34. The molecule has 1 aromatic rings. The molecule has 0 radical (unpaired) electrons. The minimum atomic E-state index is -1.14. The van der Waals surface area contributed by atoms with Crippen molar-refractivity contribution in [1.82, 2.24) is 0 Å².